The summed E-state index contributed by atoms with van der Waals surface area (Å²) in [4.78, 5) is 11.8. The van der Waals surface area contributed by atoms with Gasteiger partial charge in [-0.2, -0.15) is 0 Å². The van der Waals surface area contributed by atoms with Crippen molar-refractivity contribution in [1.29, 1.82) is 0 Å². The topological polar surface area (TPSA) is 41.1 Å². The molecule has 0 aromatic heterocycles. The van der Waals surface area contributed by atoms with E-state index in [9.17, 15) is 4.79 Å². The van der Waals surface area contributed by atoms with E-state index in [4.69, 9.17) is 0 Å². The van der Waals surface area contributed by atoms with Crippen molar-refractivity contribution in [3.05, 3.63) is 0 Å². The third-order valence-corrected chi connectivity index (χ3v) is 4.85. The average Bonchev–Trinajstić information content (AvgIpc) is 2.54. The maximum Gasteiger partial charge on any atom is 0.234 e. The number of carbonyl (C=O) groups is 1. The van der Waals surface area contributed by atoms with Crippen LogP contribution >= 0.6 is 0 Å². The monoisotopic (exact) mass is 240 g/mol. The Morgan fingerprint density at radius 3 is 2.00 bits per heavy atom. The van der Waals surface area contributed by atoms with Crippen LogP contribution < -0.4 is 10.6 Å². The Balaban J connectivity index is 2.37. The molecule has 0 unspecified atom stereocenters. The molecule has 1 aliphatic carbocycles. The van der Waals surface area contributed by atoms with Crippen molar-refractivity contribution in [3.63, 3.8) is 0 Å². The second kappa shape index (κ2) is 4.27. The first-order valence-corrected chi connectivity index (χ1v) is 6.59. The third kappa shape index (κ3) is 2.82. The second-order valence-corrected chi connectivity index (χ2v) is 7.04. The minimum absolute atomic E-state index is 0.0929. The standard InChI is InChI=1S/C14H28N2O/c1-8-12(2,3)16-10(17)9-15-11-13(4,5)14(11,6)7/h11,15H,8-9H2,1-7H3,(H,16,17). The van der Waals surface area contributed by atoms with Gasteiger partial charge in [0, 0.05) is 11.6 Å². The first kappa shape index (κ1) is 14.5. The Labute approximate surface area is 106 Å². The van der Waals surface area contributed by atoms with Crippen molar-refractivity contribution in [2.45, 2.75) is 66.5 Å². The van der Waals surface area contributed by atoms with E-state index in [1.54, 1.807) is 0 Å². The van der Waals surface area contributed by atoms with Crippen LogP contribution in [0.15, 0.2) is 0 Å². The molecular formula is C14H28N2O. The SMILES string of the molecule is CCC(C)(C)NC(=O)CNC1C(C)(C)C1(C)C. The van der Waals surface area contributed by atoms with Crippen LogP contribution in [0, 0.1) is 10.8 Å². The molecule has 3 nitrogen and oxygen atoms in total. The zero-order valence-electron chi connectivity index (χ0n) is 12.4. The van der Waals surface area contributed by atoms with Crippen molar-refractivity contribution < 1.29 is 4.79 Å². The van der Waals surface area contributed by atoms with Gasteiger partial charge in [0.2, 0.25) is 5.91 Å². The molecule has 0 saturated heterocycles. The first-order valence-electron chi connectivity index (χ1n) is 6.59. The summed E-state index contributed by atoms with van der Waals surface area (Å²) in [6.07, 6.45) is 0.944. The van der Waals surface area contributed by atoms with Crippen LogP contribution in [0.4, 0.5) is 0 Å². The quantitative estimate of drug-likeness (QED) is 0.774. The predicted molar refractivity (Wildman–Crippen MR) is 71.9 cm³/mol. The number of rotatable bonds is 5. The lowest BCUT2D eigenvalue weighted by Gasteiger charge is -2.24. The minimum Gasteiger partial charge on any atom is -0.350 e. The Bertz CT molecular complexity index is 291. The Kier molecular flexibility index (Phi) is 3.64. The van der Waals surface area contributed by atoms with Crippen molar-refractivity contribution in [2.24, 2.45) is 10.8 Å². The van der Waals surface area contributed by atoms with Gasteiger partial charge in [-0.15, -0.1) is 0 Å². The highest BCUT2D eigenvalue weighted by molar-refractivity contribution is 5.78. The van der Waals surface area contributed by atoms with Gasteiger partial charge in [-0.1, -0.05) is 34.6 Å². The van der Waals surface area contributed by atoms with E-state index in [-0.39, 0.29) is 22.3 Å². The molecule has 1 rings (SSSR count). The molecule has 3 heteroatoms. The van der Waals surface area contributed by atoms with Crippen molar-refractivity contribution in [3.8, 4) is 0 Å². The fourth-order valence-corrected chi connectivity index (χ4v) is 2.41. The van der Waals surface area contributed by atoms with Crippen molar-refractivity contribution >= 4 is 5.91 Å². The van der Waals surface area contributed by atoms with Crippen LogP contribution in [0.25, 0.3) is 0 Å². The van der Waals surface area contributed by atoms with E-state index in [1.165, 1.54) is 0 Å². The molecule has 0 aromatic carbocycles. The summed E-state index contributed by atoms with van der Waals surface area (Å²) in [5.74, 6) is 0.0929. The van der Waals surface area contributed by atoms with E-state index in [2.05, 4.69) is 59.1 Å². The van der Waals surface area contributed by atoms with Gasteiger partial charge in [0.15, 0.2) is 0 Å². The fourth-order valence-electron chi connectivity index (χ4n) is 2.41. The largest absolute Gasteiger partial charge is 0.350 e. The molecule has 0 radical (unpaired) electrons. The van der Waals surface area contributed by atoms with Gasteiger partial charge in [-0.05, 0) is 31.1 Å². The Morgan fingerprint density at radius 2 is 1.65 bits per heavy atom. The maximum atomic E-state index is 11.8. The van der Waals surface area contributed by atoms with E-state index < -0.39 is 0 Å². The van der Waals surface area contributed by atoms with Gasteiger partial charge in [0.05, 0.1) is 6.54 Å². The highest BCUT2D eigenvalue weighted by atomic mass is 16.2. The molecule has 0 atom stereocenters. The summed E-state index contributed by atoms with van der Waals surface area (Å²) in [7, 11) is 0. The molecule has 0 heterocycles. The summed E-state index contributed by atoms with van der Waals surface area (Å²) in [6, 6.07) is 0.436. The molecule has 17 heavy (non-hydrogen) atoms. The van der Waals surface area contributed by atoms with Crippen molar-refractivity contribution in [1.82, 2.24) is 10.6 Å². The number of carbonyl (C=O) groups excluding carboxylic acids is 1. The molecule has 0 spiro atoms. The highest BCUT2D eigenvalue weighted by Gasteiger charge is 2.64. The lowest BCUT2D eigenvalue weighted by atomic mass is 10.0. The highest BCUT2D eigenvalue weighted by Crippen LogP contribution is 2.62. The molecule has 100 valence electrons. The lowest BCUT2D eigenvalue weighted by Crippen LogP contribution is -2.47. The molecule has 0 aliphatic heterocycles. The molecule has 0 aromatic rings. The molecule has 1 aliphatic rings. The third-order valence-electron chi connectivity index (χ3n) is 4.85. The summed E-state index contributed by atoms with van der Waals surface area (Å²) in [5, 5.41) is 6.41. The van der Waals surface area contributed by atoms with Crippen LogP contribution in [-0.4, -0.2) is 24.0 Å². The van der Waals surface area contributed by atoms with Crippen LogP contribution in [0.5, 0.6) is 0 Å². The van der Waals surface area contributed by atoms with Crippen LogP contribution in [-0.2, 0) is 4.79 Å². The van der Waals surface area contributed by atoms with Gasteiger partial charge >= 0.3 is 0 Å². The summed E-state index contributed by atoms with van der Waals surface area (Å²) in [6.45, 7) is 15.6. The molecule has 0 bridgehead atoms. The average molecular weight is 240 g/mol. The Morgan fingerprint density at radius 1 is 1.18 bits per heavy atom. The Hall–Kier alpha value is -0.570. The number of nitrogens with one attached hydrogen (secondary N) is 2. The van der Waals surface area contributed by atoms with E-state index in [0.29, 0.717) is 12.6 Å². The number of hydrogen-bond donors (Lipinski definition) is 2. The van der Waals surface area contributed by atoms with Crippen LogP contribution in [0.1, 0.15) is 54.9 Å². The summed E-state index contributed by atoms with van der Waals surface area (Å²) in [5.41, 5.74) is 0.467. The molecule has 1 saturated carbocycles. The summed E-state index contributed by atoms with van der Waals surface area (Å²) < 4.78 is 0. The second-order valence-electron chi connectivity index (χ2n) is 7.04. The normalized spacial score (nSPS) is 22.3. The van der Waals surface area contributed by atoms with Crippen molar-refractivity contribution in [2.75, 3.05) is 6.54 Å². The molecular weight excluding hydrogens is 212 g/mol. The van der Waals surface area contributed by atoms with Gasteiger partial charge in [0.25, 0.3) is 0 Å². The minimum atomic E-state index is -0.104. The van der Waals surface area contributed by atoms with Gasteiger partial charge in [-0.25, -0.2) is 0 Å². The maximum absolute atomic E-state index is 11.8. The van der Waals surface area contributed by atoms with Crippen LogP contribution in [0.2, 0.25) is 0 Å². The molecule has 1 fully saturated rings. The first-order chi connectivity index (χ1) is 7.54. The lowest BCUT2D eigenvalue weighted by molar-refractivity contribution is -0.121. The fraction of sp³-hybridized carbons (Fsp3) is 0.929. The van der Waals surface area contributed by atoms with E-state index in [0.717, 1.165) is 6.42 Å². The summed E-state index contributed by atoms with van der Waals surface area (Å²) >= 11 is 0. The number of hydrogen-bond acceptors (Lipinski definition) is 2. The van der Waals surface area contributed by atoms with Gasteiger partial charge in [0.1, 0.15) is 0 Å². The smallest absolute Gasteiger partial charge is 0.234 e. The zero-order chi connectivity index (χ0) is 13.5. The van der Waals surface area contributed by atoms with Crippen LogP contribution in [0.3, 0.4) is 0 Å². The zero-order valence-corrected chi connectivity index (χ0v) is 12.4. The van der Waals surface area contributed by atoms with E-state index >= 15 is 0 Å². The molecule has 1 amide bonds. The van der Waals surface area contributed by atoms with E-state index in [1.807, 2.05) is 0 Å². The van der Waals surface area contributed by atoms with Gasteiger partial charge in [-0.3, -0.25) is 4.79 Å². The molecule has 2 N–H and O–H groups in total. The van der Waals surface area contributed by atoms with Gasteiger partial charge < -0.3 is 10.6 Å². The number of amides is 1. The predicted octanol–water partition coefficient (Wildman–Crippen LogP) is 2.32.